The van der Waals surface area contributed by atoms with E-state index in [1.165, 1.54) is 52.7 Å². The lowest BCUT2D eigenvalue weighted by atomic mass is 9.98. The summed E-state index contributed by atoms with van der Waals surface area (Å²) in [7, 11) is 2.21. The second kappa shape index (κ2) is 10.1. The van der Waals surface area contributed by atoms with Crippen molar-refractivity contribution < 1.29 is 27.4 Å². The van der Waals surface area contributed by atoms with Crippen LogP contribution in [0.25, 0.3) is 0 Å². The van der Waals surface area contributed by atoms with Crippen LogP contribution < -0.4 is 23.7 Å². The Hall–Kier alpha value is -2.94. The molecule has 0 atom stereocenters. The van der Waals surface area contributed by atoms with Crippen molar-refractivity contribution in [3.05, 3.63) is 76.8 Å². The Kier molecular flexibility index (Phi) is 7.50. The normalized spacial score (nSPS) is 11.3. The van der Waals surface area contributed by atoms with Gasteiger partial charge in [0, 0.05) is 5.02 Å². The summed E-state index contributed by atoms with van der Waals surface area (Å²) in [4.78, 5) is 0.0906. The molecule has 0 fully saturated rings. The molecule has 32 heavy (non-hydrogen) atoms. The lowest BCUT2D eigenvalue weighted by Gasteiger charge is -2.22. The zero-order chi connectivity index (χ0) is 23.3. The zero-order valence-corrected chi connectivity index (χ0v) is 19.7. The van der Waals surface area contributed by atoms with E-state index < -0.39 is 16.1 Å². The van der Waals surface area contributed by atoms with Crippen molar-refractivity contribution in [3.63, 3.8) is 0 Å². The van der Waals surface area contributed by atoms with Crippen molar-refractivity contribution in [1.82, 2.24) is 4.72 Å². The molecule has 0 heterocycles. The van der Waals surface area contributed by atoms with Gasteiger partial charge in [0.05, 0.1) is 39.4 Å². The molecule has 0 aromatic heterocycles. The average molecular weight is 478 g/mol. The molecule has 3 rings (SSSR count). The summed E-state index contributed by atoms with van der Waals surface area (Å²) in [6.07, 6.45) is 0. The Morgan fingerprint density at radius 2 is 1.12 bits per heavy atom. The molecule has 0 amide bonds. The molecule has 0 aliphatic heterocycles. The van der Waals surface area contributed by atoms with E-state index >= 15 is 0 Å². The van der Waals surface area contributed by atoms with Gasteiger partial charge in [0.15, 0.2) is 23.0 Å². The van der Waals surface area contributed by atoms with Gasteiger partial charge < -0.3 is 18.9 Å². The number of nitrogens with one attached hydrogen (secondary N) is 1. The molecule has 3 aromatic carbocycles. The van der Waals surface area contributed by atoms with E-state index in [2.05, 4.69) is 4.72 Å². The van der Waals surface area contributed by atoms with Crippen LogP contribution in [0.4, 0.5) is 0 Å². The first kappa shape index (κ1) is 23.7. The van der Waals surface area contributed by atoms with Crippen LogP contribution in [0.3, 0.4) is 0 Å². The number of methoxy groups -OCH3 is 4. The summed E-state index contributed by atoms with van der Waals surface area (Å²) in [6.45, 7) is 0. The van der Waals surface area contributed by atoms with E-state index in [-0.39, 0.29) is 4.90 Å². The van der Waals surface area contributed by atoms with Crippen LogP contribution in [0.1, 0.15) is 17.2 Å². The predicted octanol–water partition coefficient (Wildman–Crippen LogP) is 4.44. The predicted molar refractivity (Wildman–Crippen MR) is 123 cm³/mol. The average Bonchev–Trinajstić information content (AvgIpc) is 2.82. The molecule has 0 aliphatic carbocycles. The maximum Gasteiger partial charge on any atom is 0.241 e. The molecular formula is C23H24ClNO6S. The van der Waals surface area contributed by atoms with E-state index in [9.17, 15) is 8.42 Å². The Balaban J connectivity index is 2.12. The fourth-order valence-corrected chi connectivity index (χ4v) is 4.57. The highest BCUT2D eigenvalue weighted by Gasteiger charge is 2.25. The fourth-order valence-electron chi connectivity index (χ4n) is 3.23. The quantitative estimate of drug-likeness (QED) is 0.490. The van der Waals surface area contributed by atoms with Crippen molar-refractivity contribution in [3.8, 4) is 23.0 Å². The molecule has 9 heteroatoms. The van der Waals surface area contributed by atoms with Gasteiger partial charge in [-0.25, -0.2) is 8.42 Å². The minimum Gasteiger partial charge on any atom is -0.493 e. The molecule has 7 nitrogen and oxygen atoms in total. The van der Waals surface area contributed by atoms with Gasteiger partial charge in [-0.05, 0) is 59.7 Å². The molecular weight excluding hydrogens is 454 g/mol. The number of halogens is 1. The Bertz CT molecular complexity index is 1130. The first-order valence-electron chi connectivity index (χ1n) is 9.54. The molecule has 0 bridgehead atoms. The maximum atomic E-state index is 13.2. The maximum absolute atomic E-state index is 13.2. The van der Waals surface area contributed by atoms with Crippen LogP contribution in [-0.2, 0) is 10.0 Å². The van der Waals surface area contributed by atoms with Crippen molar-refractivity contribution >= 4 is 21.6 Å². The molecule has 1 N–H and O–H groups in total. The smallest absolute Gasteiger partial charge is 0.241 e. The monoisotopic (exact) mass is 477 g/mol. The topological polar surface area (TPSA) is 83.1 Å². The highest BCUT2D eigenvalue weighted by Crippen LogP contribution is 2.36. The lowest BCUT2D eigenvalue weighted by molar-refractivity contribution is 0.353. The highest BCUT2D eigenvalue weighted by molar-refractivity contribution is 7.89. The number of hydrogen-bond donors (Lipinski definition) is 1. The summed E-state index contributed by atoms with van der Waals surface area (Å²) in [5, 5.41) is 0.445. The second-order valence-corrected chi connectivity index (χ2v) is 8.89. The van der Waals surface area contributed by atoms with Crippen LogP contribution in [-0.4, -0.2) is 36.9 Å². The number of hydrogen-bond acceptors (Lipinski definition) is 6. The largest absolute Gasteiger partial charge is 0.493 e. The molecule has 0 unspecified atom stereocenters. The minimum absolute atomic E-state index is 0.0906. The second-order valence-electron chi connectivity index (χ2n) is 6.74. The third-order valence-electron chi connectivity index (χ3n) is 4.88. The van der Waals surface area contributed by atoms with Crippen molar-refractivity contribution in [2.24, 2.45) is 0 Å². The van der Waals surface area contributed by atoms with E-state index in [1.54, 1.807) is 36.4 Å². The molecule has 170 valence electrons. The van der Waals surface area contributed by atoms with Crippen LogP contribution in [0.15, 0.2) is 65.6 Å². The number of benzene rings is 3. The SMILES string of the molecule is COc1ccc(C(NS(=O)(=O)c2ccc(Cl)cc2)c2ccc(OC)c(OC)c2)cc1OC. The van der Waals surface area contributed by atoms with E-state index in [1.807, 2.05) is 0 Å². The number of sulfonamides is 1. The molecule has 0 spiro atoms. The van der Waals surface area contributed by atoms with Gasteiger partial charge in [-0.2, -0.15) is 4.72 Å². The van der Waals surface area contributed by atoms with Crippen LogP contribution >= 0.6 is 11.6 Å². The first-order chi connectivity index (χ1) is 15.3. The zero-order valence-electron chi connectivity index (χ0n) is 18.1. The van der Waals surface area contributed by atoms with Gasteiger partial charge in [-0.15, -0.1) is 0 Å². The van der Waals surface area contributed by atoms with Crippen LogP contribution in [0.5, 0.6) is 23.0 Å². The summed E-state index contributed by atoms with van der Waals surface area (Å²) < 4.78 is 50.6. The summed E-state index contributed by atoms with van der Waals surface area (Å²) in [6, 6.07) is 15.6. The number of ether oxygens (including phenoxy) is 4. The summed E-state index contributed by atoms with van der Waals surface area (Å²) in [5.41, 5.74) is 1.29. The standard InChI is InChI=1S/C23H24ClNO6S/c1-28-19-11-5-15(13-21(19)30-3)23(16-6-12-20(29-2)22(14-16)31-4)25-32(26,27)18-9-7-17(24)8-10-18/h5-14,23,25H,1-4H3. The lowest BCUT2D eigenvalue weighted by Crippen LogP contribution is -2.29. The Labute approximate surface area is 192 Å². The minimum atomic E-state index is -3.90. The molecule has 0 aliphatic rings. The molecule has 0 saturated carbocycles. The van der Waals surface area contributed by atoms with Gasteiger partial charge in [0.2, 0.25) is 10.0 Å². The first-order valence-corrected chi connectivity index (χ1v) is 11.4. The number of rotatable bonds is 9. The van der Waals surface area contributed by atoms with Crippen molar-refractivity contribution in [2.75, 3.05) is 28.4 Å². The third kappa shape index (κ3) is 5.09. The fraction of sp³-hybridized carbons (Fsp3) is 0.217. The van der Waals surface area contributed by atoms with E-state index in [0.29, 0.717) is 39.1 Å². The summed E-state index contributed by atoms with van der Waals surface area (Å²) >= 11 is 5.92. The van der Waals surface area contributed by atoms with Crippen molar-refractivity contribution in [2.45, 2.75) is 10.9 Å². The molecule has 3 aromatic rings. The summed E-state index contributed by atoms with van der Waals surface area (Å²) in [5.74, 6) is 2.01. The Morgan fingerprint density at radius 1 is 0.688 bits per heavy atom. The van der Waals surface area contributed by atoms with Crippen LogP contribution in [0.2, 0.25) is 5.02 Å². The van der Waals surface area contributed by atoms with Gasteiger partial charge in [-0.1, -0.05) is 23.7 Å². The van der Waals surface area contributed by atoms with E-state index in [4.69, 9.17) is 30.5 Å². The van der Waals surface area contributed by atoms with Gasteiger partial charge >= 0.3 is 0 Å². The highest BCUT2D eigenvalue weighted by atomic mass is 35.5. The van der Waals surface area contributed by atoms with Gasteiger partial charge in [0.25, 0.3) is 0 Å². The molecule has 0 radical (unpaired) electrons. The van der Waals surface area contributed by atoms with Crippen LogP contribution in [0, 0.1) is 0 Å². The van der Waals surface area contributed by atoms with Gasteiger partial charge in [0.1, 0.15) is 0 Å². The molecule has 0 saturated heterocycles. The Morgan fingerprint density at radius 3 is 1.53 bits per heavy atom. The van der Waals surface area contributed by atoms with Crippen molar-refractivity contribution in [1.29, 1.82) is 0 Å². The van der Waals surface area contributed by atoms with Gasteiger partial charge in [-0.3, -0.25) is 0 Å². The third-order valence-corrected chi connectivity index (χ3v) is 6.57. The van der Waals surface area contributed by atoms with E-state index in [0.717, 1.165) is 0 Å².